The fourth-order valence-electron chi connectivity index (χ4n) is 0.947. The van der Waals surface area contributed by atoms with Gasteiger partial charge in [0.15, 0.2) is 0 Å². The zero-order chi connectivity index (χ0) is 7.98. The topological polar surface area (TPSA) is 26.0 Å². The van der Waals surface area contributed by atoms with E-state index in [-0.39, 0.29) is 0 Å². The van der Waals surface area contributed by atoms with Gasteiger partial charge in [-0.15, -0.1) is 0 Å². The zero-order valence-corrected chi connectivity index (χ0v) is 7.35. The summed E-state index contributed by atoms with van der Waals surface area (Å²) in [5.41, 5.74) is 7.27. The molecule has 0 bridgehead atoms. The Bertz CT molecular complexity index is 105. The minimum absolute atomic E-state index is 0.367. The van der Waals surface area contributed by atoms with E-state index >= 15 is 0 Å². The molecule has 1 nitrogen and oxygen atoms in total. The van der Waals surface area contributed by atoms with Crippen molar-refractivity contribution in [2.45, 2.75) is 46.1 Å². The second-order valence-electron chi connectivity index (χ2n) is 2.67. The third kappa shape index (κ3) is 3.67. The van der Waals surface area contributed by atoms with Gasteiger partial charge in [-0.3, -0.25) is 0 Å². The largest absolute Gasteiger partial charge is 0.327 e. The Morgan fingerprint density at radius 2 is 2.10 bits per heavy atom. The van der Waals surface area contributed by atoms with Crippen molar-refractivity contribution in [2.24, 2.45) is 5.73 Å². The minimum Gasteiger partial charge on any atom is -0.327 e. The summed E-state index contributed by atoms with van der Waals surface area (Å²) in [7, 11) is 0. The second-order valence-corrected chi connectivity index (χ2v) is 2.67. The molecule has 1 atom stereocenters. The summed E-state index contributed by atoms with van der Waals surface area (Å²) in [6, 6.07) is 0.367. The van der Waals surface area contributed by atoms with E-state index in [1.54, 1.807) is 0 Å². The molecule has 0 aromatic heterocycles. The van der Waals surface area contributed by atoms with Gasteiger partial charge in [0.2, 0.25) is 0 Å². The number of rotatable bonds is 4. The van der Waals surface area contributed by atoms with Gasteiger partial charge in [-0.2, -0.15) is 0 Å². The first-order chi connectivity index (χ1) is 4.74. The smallest absolute Gasteiger partial charge is 0.00734 e. The Balaban J connectivity index is 3.64. The van der Waals surface area contributed by atoms with Crippen molar-refractivity contribution >= 4 is 0 Å². The lowest BCUT2D eigenvalue weighted by Crippen LogP contribution is -2.18. The van der Waals surface area contributed by atoms with Crippen molar-refractivity contribution < 1.29 is 0 Å². The number of hydrogen-bond acceptors (Lipinski definition) is 1. The standard InChI is InChI=1S/C9H19N/c1-4-8(5-2)7-9(10)6-3/h4,9H,5-7,10H2,1-3H3/b8-4+. The van der Waals surface area contributed by atoms with Crippen LogP contribution >= 0.6 is 0 Å². The fraction of sp³-hybridized carbons (Fsp3) is 0.778. The van der Waals surface area contributed by atoms with Crippen molar-refractivity contribution in [3.8, 4) is 0 Å². The molecule has 0 aliphatic rings. The number of hydrogen-bond donors (Lipinski definition) is 1. The maximum atomic E-state index is 5.78. The molecule has 10 heavy (non-hydrogen) atoms. The molecule has 2 N–H and O–H groups in total. The average molecular weight is 141 g/mol. The van der Waals surface area contributed by atoms with Crippen LogP contribution in [-0.4, -0.2) is 6.04 Å². The molecule has 0 spiro atoms. The van der Waals surface area contributed by atoms with E-state index < -0.39 is 0 Å². The van der Waals surface area contributed by atoms with Gasteiger partial charge in [-0.05, 0) is 26.2 Å². The van der Waals surface area contributed by atoms with Gasteiger partial charge in [0.1, 0.15) is 0 Å². The van der Waals surface area contributed by atoms with Crippen LogP contribution in [-0.2, 0) is 0 Å². The van der Waals surface area contributed by atoms with Gasteiger partial charge in [0.05, 0.1) is 0 Å². The fourth-order valence-corrected chi connectivity index (χ4v) is 0.947. The predicted molar refractivity (Wildman–Crippen MR) is 46.9 cm³/mol. The molecule has 0 aliphatic heterocycles. The summed E-state index contributed by atoms with van der Waals surface area (Å²) in [6.45, 7) is 6.40. The van der Waals surface area contributed by atoms with Crippen molar-refractivity contribution in [3.05, 3.63) is 11.6 Å². The zero-order valence-electron chi connectivity index (χ0n) is 7.35. The van der Waals surface area contributed by atoms with E-state index in [2.05, 4.69) is 26.8 Å². The van der Waals surface area contributed by atoms with Gasteiger partial charge in [0, 0.05) is 6.04 Å². The molecule has 0 fully saturated rings. The van der Waals surface area contributed by atoms with Gasteiger partial charge in [0.25, 0.3) is 0 Å². The van der Waals surface area contributed by atoms with Crippen LogP contribution in [0.5, 0.6) is 0 Å². The number of allylic oxidation sites excluding steroid dienone is 1. The monoisotopic (exact) mass is 141 g/mol. The molecule has 0 amide bonds. The summed E-state index contributed by atoms with van der Waals surface area (Å²) >= 11 is 0. The van der Waals surface area contributed by atoms with E-state index in [4.69, 9.17) is 5.73 Å². The molecule has 0 aliphatic carbocycles. The molecule has 1 heteroatoms. The highest BCUT2D eigenvalue weighted by molar-refractivity contribution is 5.01. The predicted octanol–water partition coefficient (Wildman–Crippen LogP) is 2.47. The average Bonchev–Trinajstić information content (AvgIpc) is 1.99. The SMILES string of the molecule is C/C=C(\CC)CC(N)CC. The quantitative estimate of drug-likeness (QED) is 0.598. The van der Waals surface area contributed by atoms with Crippen molar-refractivity contribution in [1.82, 2.24) is 0 Å². The van der Waals surface area contributed by atoms with Crippen LogP contribution in [0.1, 0.15) is 40.0 Å². The maximum absolute atomic E-state index is 5.78. The van der Waals surface area contributed by atoms with Crippen LogP contribution in [0.3, 0.4) is 0 Å². The molecule has 0 rings (SSSR count). The van der Waals surface area contributed by atoms with Gasteiger partial charge in [-0.1, -0.05) is 25.5 Å². The van der Waals surface area contributed by atoms with Crippen molar-refractivity contribution in [2.75, 3.05) is 0 Å². The van der Waals surface area contributed by atoms with Crippen LogP contribution in [0.25, 0.3) is 0 Å². The molecule has 0 heterocycles. The van der Waals surface area contributed by atoms with E-state index in [9.17, 15) is 0 Å². The first-order valence-electron chi connectivity index (χ1n) is 4.14. The van der Waals surface area contributed by atoms with Gasteiger partial charge >= 0.3 is 0 Å². The lowest BCUT2D eigenvalue weighted by Gasteiger charge is -2.09. The third-order valence-electron chi connectivity index (χ3n) is 1.91. The van der Waals surface area contributed by atoms with E-state index in [0.29, 0.717) is 6.04 Å². The van der Waals surface area contributed by atoms with E-state index in [1.807, 2.05) is 0 Å². The molecule has 0 saturated heterocycles. The molecule has 1 unspecified atom stereocenters. The summed E-state index contributed by atoms with van der Waals surface area (Å²) in [4.78, 5) is 0. The first kappa shape index (κ1) is 9.70. The Kier molecular flexibility index (Phi) is 5.32. The Morgan fingerprint density at radius 3 is 2.40 bits per heavy atom. The lowest BCUT2D eigenvalue weighted by molar-refractivity contribution is 0.632. The highest BCUT2D eigenvalue weighted by atomic mass is 14.6. The highest BCUT2D eigenvalue weighted by Crippen LogP contribution is 2.09. The molecular weight excluding hydrogens is 122 g/mol. The van der Waals surface area contributed by atoms with Crippen molar-refractivity contribution in [1.29, 1.82) is 0 Å². The van der Waals surface area contributed by atoms with Crippen LogP contribution in [0.4, 0.5) is 0 Å². The molecule has 60 valence electrons. The second kappa shape index (κ2) is 5.48. The molecule has 0 aromatic rings. The summed E-state index contributed by atoms with van der Waals surface area (Å²) in [6.07, 6.45) is 5.47. The Hall–Kier alpha value is -0.300. The maximum Gasteiger partial charge on any atom is 0.00734 e. The molecular formula is C9H19N. The summed E-state index contributed by atoms with van der Waals surface area (Å²) < 4.78 is 0. The van der Waals surface area contributed by atoms with Crippen LogP contribution in [0.2, 0.25) is 0 Å². The summed E-state index contributed by atoms with van der Waals surface area (Å²) in [5.74, 6) is 0. The first-order valence-corrected chi connectivity index (χ1v) is 4.14. The van der Waals surface area contributed by atoms with E-state index in [1.165, 1.54) is 5.57 Å². The Labute approximate surface area is 64.3 Å². The highest BCUT2D eigenvalue weighted by Gasteiger charge is 2.00. The Morgan fingerprint density at radius 1 is 1.50 bits per heavy atom. The number of nitrogens with two attached hydrogens (primary N) is 1. The van der Waals surface area contributed by atoms with Gasteiger partial charge in [-0.25, -0.2) is 0 Å². The van der Waals surface area contributed by atoms with Crippen molar-refractivity contribution in [3.63, 3.8) is 0 Å². The summed E-state index contributed by atoms with van der Waals surface area (Å²) in [5, 5.41) is 0. The molecule has 0 radical (unpaired) electrons. The van der Waals surface area contributed by atoms with Crippen LogP contribution < -0.4 is 5.73 Å². The minimum atomic E-state index is 0.367. The van der Waals surface area contributed by atoms with Crippen LogP contribution in [0.15, 0.2) is 11.6 Å². The molecule has 0 aromatic carbocycles. The third-order valence-corrected chi connectivity index (χ3v) is 1.91. The van der Waals surface area contributed by atoms with Crippen LogP contribution in [0, 0.1) is 0 Å². The van der Waals surface area contributed by atoms with E-state index in [0.717, 1.165) is 19.3 Å². The lowest BCUT2D eigenvalue weighted by atomic mass is 10.0. The normalized spacial score (nSPS) is 15.4. The molecule has 0 saturated carbocycles. The van der Waals surface area contributed by atoms with Gasteiger partial charge < -0.3 is 5.73 Å².